The number of H-pyrrole nitrogens is 1. The molecule has 0 saturated carbocycles. The summed E-state index contributed by atoms with van der Waals surface area (Å²) in [5, 5.41) is 14.1. The van der Waals surface area contributed by atoms with Gasteiger partial charge < -0.3 is 15.1 Å². The van der Waals surface area contributed by atoms with Gasteiger partial charge in [0.2, 0.25) is 11.8 Å². The van der Waals surface area contributed by atoms with Crippen molar-refractivity contribution < 1.29 is 4.42 Å². The Balaban J connectivity index is 1.93. The van der Waals surface area contributed by atoms with Crippen molar-refractivity contribution in [2.24, 2.45) is 0 Å². The molecule has 1 atom stereocenters. The number of anilines is 2. The minimum absolute atomic E-state index is 0.110. The number of nitrogens with zero attached hydrogens (tertiary/aromatic N) is 4. The second kappa shape index (κ2) is 5.39. The van der Waals surface area contributed by atoms with Crippen molar-refractivity contribution in [3.8, 4) is 0 Å². The molecule has 0 fully saturated rings. The van der Waals surface area contributed by atoms with Gasteiger partial charge in [-0.1, -0.05) is 0 Å². The summed E-state index contributed by atoms with van der Waals surface area (Å²) in [4.78, 5) is 13.0. The fourth-order valence-corrected chi connectivity index (χ4v) is 2.02. The van der Waals surface area contributed by atoms with Crippen molar-refractivity contribution >= 4 is 22.8 Å². The summed E-state index contributed by atoms with van der Waals surface area (Å²) < 4.78 is 5.53. The number of rotatable bonds is 5. The zero-order chi connectivity index (χ0) is 14.8. The van der Waals surface area contributed by atoms with Crippen LogP contribution in [0.4, 0.5) is 11.8 Å². The molecule has 0 radical (unpaired) electrons. The minimum atomic E-state index is -0.110. The van der Waals surface area contributed by atoms with Crippen molar-refractivity contribution in [2.45, 2.75) is 26.8 Å². The molecule has 21 heavy (non-hydrogen) atoms. The standard InChI is InChI=1S/C13H17N7O/c1-4-14-13-18-10(9-6-16-20-11(9)19-13)17-8(3)12-15-5-7(2)21-12/h5-6,8H,4H2,1-3H3,(H3,14,16,17,18,19,20). The first-order chi connectivity index (χ1) is 10.2. The molecule has 3 aromatic rings. The minimum Gasteiger partial charge on any atom is -0.444 e. The SMILES string of the molecule is CCNc1nc(NC(C)c2ncc(C)o2)c2cn[nH]c2n1. The Morgan fingerprint density at radius 1 is 1.33 bits per heavy atom. The van der Waals surface area contributed by atoms with Crippen molar-refractivity contribution in [2.75, 3.05) is 17.2 Å². The second-order valence-corrected chi connectivity index (χ2v) is 4.73. The highest BCUT2D eigenvalue weighted by Crippen LogP contribution is 2.24. The Hall–Kier alpha value is -2.64. The molecule has 3 aromatic heterocycles. The molecule has 0 aliphatic heterocycles. The van der Waals surface area contributed by atoms with Crippen LogP contribution in [-0.2, 0) is 0 Å². The van der Waals surface area contributed by atoms with Gasteiger partial charge in [-0.3, -0.25) is 5.10 Å². The molecule has 3 N–H and O–H groups in total. The summed E-state index contributed by atoms with van der Waals surface area (Å²) in [7, 11) is 0. The van der Waals surface area contributed by atoms with E-state index in [1.807, 2.05) is 20.8 Å². The van der Waals surface area contributed by atoms with Crippen LogP contribution in [0.15, 0.2) is 16.8 Å². The van der Waals surface area contributed by atoms with Gasteiger partial charge in [0.1, 0.15) is 17.6 Å². The highest BCUT2D eigenvalue weighted by molar-refractivity contribution is 5.87. The Bertz CT molecular complexity index is 748. The van der Waals surface area contributed by atoms with E-state index in [0.717, 1.165) is 17.7 Å². The maximum atomic E-state index is 5.53. The smallest absolute Gasteiger partial charge is 0.226 e. The topological polar surface area (TPSA) is 105 Å². The van der Waals surface area contributed by atoms with Gasteiger partial charge in [-0.15, -0.1) is 0 Å². The first kappa shape index (κ1) is 13.3. The van der Waals surface area contributed by atoms with Gasteiger partial charge in [-0.2, -0.15) is 15.1 Å². The molecule has 3 rings (SSSR count). The van der Waals surface area contributed by atoms with Gasteiger partial charge in [-0.25, -0.2) is 4.98 Å². The van der Waals surface area contributed by atoms with Crippen LogP contribution in [-0.4, -0.2) is 31.7 Å². The number of nitrogens with one attached hydrogen (secondary N) is 3. The Kier molecular flexibility index (Phi) is 3.43. The average molecular weight is 287 g/mol. The summed E-state index contributed by atoms with van der Waals surface area (Å²) in [6.45, 7) is 6.57. The van der Waals surface area contributed by atoms with E-state index >= 15 is 0 Å². The summed E-state index contributed by atoms with van der Waals surface area (Å²) in [6, 6.07) is -0.110. The summed E-state index contributed by atoms with van der Waals surface area (Å²) >= 11 is 0. The van der Waals surface area contributed by atoms with Crippen LogP contribution < -0.4 is 10.6 Å². The molecule has 0 aliphatic rings. The van der Waals surface area contributed by atoms with E-state index in [9.17, 15) is 0 Å². The lowest BCUT2D eigenvalue weighted by Crippen LogP contribution is -2.11. The van der Waals surface area contributed by atoms with Crippen molar-refractivity contribution in [3.63, 3.8) is 0 Å². The van der Waals surface area contributed by atoms with Crippen LogP contribution in [0.25, 0.3) is 11.0 Å². The quantitative estimate of drug-likeness (QED) is 0.661. The fourth-order valence-electron chi connectivity index (χ4n) is 2.02. The lowest BCUT2D eigenvalue weighted by atomic mass is 10.3. The molecule has 8 heteroatoms. The lowest BCUT2D eigenvalue weighted by Gasteiger charge is -2.13. The average Bonchev–Trinajstić information content (AvgIpc) is 3.07. The van der Waals surface area contributed by atoms with Crippen molar-refractivity contribution in [1.29, 1.82) is 0 Å². The Morgan fingerprint density at radius 3 is 2.90 bits per heavy atom. The number of oxazole rings is 1. The van der Waals surface area contributed by atoms with E-state index in [-0.39, 0.29) is 6.04 Å². The third-order valence-corrected chi connectivity index (χ3v) is 3.01. The second-order valence-electron chi connectivity index (χ2n) is 4.73. The summed E-state index contributed by atoms with van der Waals surface area (Å²) in [5.74, 6) is 2.64. The number of hydrogen-bond acceptors (Lipinski definition) is 7. The number of aryl methyl sites for hydroxylation is 1. The molecule has 0 amide bonds. The molecule has 0 saturated heterocycles. The van der Waals surface area contributed by atoms with Crippen molar-refractivity contribution in [1.82, 2.24) is 25.1 Å². The highest BCUT2D eigenvalue weighted by atomic mass is 16.4. The summed E-state index contributed by atoms with van der Waals surface area (Å²) in [5.41, 5.74) is 0.680. The highest BCUT2D eigenvalue weighted by Gasteiger charge is 2.15. The zero-order valence-electron chi connectivity index (χ0n) is 12.1. The molecular weight excluding hydrogens is 270 g/mol. The molecule has 1 unspecified atom stereocenters. The van der Waals surface area contributed by atoms with Gasteiger partial charge in [0.05, 0.1) is 17.8 Å². The lowest BCUT2D eigenvalue weighted by molar-refractivity contribution is 0.453. The zero-order valence-corrected chi connectivity index (χ0v) is 12.1. The Morgan fingerprint density at radius 2 is 2.19 bits per heavy atom. The predicted octanol–water partition coefficient (Wildman–Crippen LogP) is 2.25. The number of fused-ring (bicyclic) bond motifs is 1. The van der Waals surface area contributed by atoms with Crippen molar-refractivity contribution in [3.05, 3.63) is 24.0 Å². The largest absolute Gasteiger partial charge is 0.444 e. The van der Waals surface area contributed by atoms with Crippen LogP contribution in [0.3, 0.4) is 0 Å². The first-order valence-electron chi connectivity index (χ1n) is 6.81. The van der Waals surface area contributed by atoms with Gasteiger partial charge in [0.25, 0.3) is 0 Å². The van der Waals surface area contributed by atoms with Gasteiger partial charge in [0.15, 0.2) is 5.65 Å². The van der Waals surface area contributed by atoms with E-state index in [4.69, 9.17) is 4.42 Å². The molecule has 0 bridgehead atoms. The van der Waals surface area contributed by atoms with Crippen LogP contribution in [0.2, 0.25) is 0 Å². The third-order valence-electron chi connectivity index (χ3n) is 3.01. The maximum Gasteiger partial charge on any atom is 0.226 e. The fraction of sp³-hybridized carbons (Fsp3) is 0.385. The molecule has 110 valence electrons. The number of aromatic nitrogens is 5. The number of aromatic amines is 1. The Labute approximate surface area is 121 Å². The predicted molar refractivity (Wildman–Crippen MR) is 79.1 cm³/mol. The normalized spacial score (nSPS) is 12.5. The monoisotopic (exact) mass is 287 g/mol. The molecule has 3 heterocycles. The van der Waals surface area contributed by atoms with E-state index < -0.39 is 0 Å². The first-order valence-corrected chi connectivity index (χ1v) is 6.81. The van der Waals surface area contributed by atoms with Gasteiger partial charge >= 0.3 is 0 Å². The maximum absolute atomic E-state index is 5.53. The van der Waals surface area contributed by atoms with Gasteiger partial charge in [0, 0.05) is 6.54 Å². The van der Waals surface area contributed by atoms with E-state index in [0.29, 0.717) is 23.3 Å². The van der Waals surface area contributed by atoms with Crippen LogP contribution in [0, 0.1) is 6.92 Å². The van der Waals surface area contributed by atoms with Crippen LogP contribution in [0.1, 0.15) is 31.5 Å². The summed E-state index contributed by atoms with van der Waals surface area (Å²) in [6.07, 6.45) is 3.39. The van der Waals surface area contributed by atoms with E-state index in [2.05, 4.69) is 35.8 Å². The van der Waals surface area contributed by atoms with E-state index in [1.165, 1.54) is 0 Å². The van der Waals surface area contributed by atoms with Gasteiger partial charge in [-0.05, 0) is 20.8 Å². The molecule has 8 nitrogen and oxygen atoms in total. The van der Waals surface area contributed by atoms with E-state index in [1.54, 1.807) is 12.4 Å². The number of hydrogen-bond donors (Lipinski definition) is 3. The van der Waals surface area contributed by atoms with Crippen LogP contribution in [0.5, 0.6) is 0 Å². The molecule has 0 aliphatic carbocycles. The van der Waals surface area contributed by atoms with Crippen LogP contribution >= 0.6 is 0 Å². The molecule has 0 aromatic carbocycles. The molecule has 0 spiro atoms. The molecular formula is C13H17N7O. The third kappa shape index (κ3) is 2.64.